The lowest BCUT2D eigenvalue weighted by Gasteiger charge is -2.10. The molecule has 0 aliphatic carbocycles. The van der Waals surface area contributed by atoms with Gasteiger partial charge in [0.2, 0.25) is 5.91 Å². The number of carbonyl (C=O) groups excluding carboxylic acids is 1. The number of hydrogen-bond acceptors (Lipinski definition) is 5. The van der Waals surface area contributed by atoms with E-state index in [4.69, 9.17) is 0 Å². The maximum absolute atomic E-state index is 13.6. The average molecular weight is 375 g/mol. The van der Waals surface area contributed by atoms with Crippen LogP contribution in [0.2, 0.25) is 0 Å². The summed E-state index contributed by atoms with van der Waals surface area (Å²) >= 11 is 2.50. The Bertz CT molecular complexity index is 997. The molecular formula is C17H14FN3O2S2. The first-order valence-electron chi connectivity index (χ1n) is 7.36. The number of thioether (sulfide) groups is 1. The zero-order valence-corrected chi connectivity index (χ0v) is 14.7. The second-order valence-corrected chi connectivity index (χ2v) is 6.89. The summed E-state index contributed by atoms with van der Waals surface area (Å²) in [5.74, 6) is -0.863. The number of benzene rings is 1. The molecule has 3 aromatic rings. The molecule has 1 amide bonds. The SMILES string of the molecule is C=CCn1c(SCC(=O)Nc2ccccc2F)nc2sccc2c1=O. The molecule has 0 spiro atoms. The largest absolute Gasteiger partial charge is 0.323 e. The van der Waals surface area contributed by atoms with Gasteiger partial charge in [0.1, 0.15) is 10.6 Å². The number of aromatic nitrogens is 2. The lowest BCUT2D eigenvalue weighted by molar-refractivity contribution is -0.113. The molecular weight excluding hydrogens is 361 g/mol. The average Bonchev–Trinajstić information content (AvgIpc) is 3.07. The van der Waals surface area contributed by atoms with Gasteiger partial charge in [0.15, 0.2) is 5.16 Å². The van der Waals surface area contributed by atoms with Gasteiger partial charge in [-0.15, -0.1) is 17.9 Å². The van der Waals surface area contributed by atoms with Crippen molar-refractivity contribution in [3.05, 3.63) is 64.5 Å². The molecule has 5 nitrogen and oxygen atoms in total. The molecule has 0 aliphatic rings. The molecule has 0 fully saturated rings. The maximum Gasteiger partial charge on any atom is 0.263 e. The molecule has 0 bridgehead atoms. The lowest BCUT2D eigenvalue weighted by atomic mass is 10.3. The van der Waals surface area contributed by atoms with E-state index in [-0.39, 0.29) is 22.9 Å². The number of nitrogens with one attached hydrogen (secondary N) is 1. The number of para-hydroxylation sites is 1. The minimum absolute atomic E-state index is 0.00873. The van der Waals surface area contributed by atoms with E-state index in [1.54, 1.807) is 29.7 Å². The third kappa shape index (κ3) is 3.80. The van der Waals surface area contributed by atoms with E-state index in [0.29, 0.717) is 21.9 Å². The number of nitrogens with zero attached hydrogens (tertiary/aromatic N) is 2. The van der Waals surface area contributed by atoms with Gasteiger partial charge in [-0.2, -0.15) is 0 Å². The van der Waals surface area contributed by atoms with E-state index in [9.17, 15) is 14.0 Å². The van der Waals surface area contributed by atoms with Crippen LogP contribution in [0.3, 0.4) is 0 Å². The fourth-order valence-electron chi connectivity index (χ4n) is 2.21. The number of amides is 1. The Morgan fingerprint density at radius 3 is 2.96 bits per heavy atom. The lowest BCUT2D eigenvalue weighted by Crippen LogP contribution is -2.23. The summed E-state index contributed by atoms with van der Waals surface area (Å²) in [7, 11) is 0. The van der Waals surface area contributed by atoms with E-state index in [0.717, 1.165) is 11.8 Å². The summed E-state index contributed by atoms with van der Waals surface area (Å²) in [5.41, 5.74) is -0.0404. The first-order valence-corrected chi connectivity index (χ1v) is 9.23. The van der Waals surface area contributed by atoms with Crippen LogP contribution in [0.25, 0.3) is 10.2 Å². The number of fused-ring (bicyclic) bond motifs is 1. The van der Waals surface area contributed by atoms with Gasteiger partial charge in [-0.3, -0.25) is 14.2 Å². The summed E-state index contributed by atoms with van der Waals surface area (Å²) < 4.78 is 15.1. The highest BCUT2D eigenvalue weighted by atomic mass is 32.2. The molecule has 2 aromatic heterocycles. The topological polar surface area (TPSA) is 64.0 Å². The highest BCUT2D eigenvalue weighted by Crippen LogP contribution is 2.21. The van der Waals surface area contributed by atoms with Crippen LogP contribution < -0.4 is 10.9 Å². The van der Waals surface area contributed by atoms with Gasteiger partial charge in [-0.05, 0) is 23.6 Å². The molecule has 128 valence electrons. The van der Waals surface area contributed by atoms with Crippen molar-refractivity contribution in [3.63, 3.8) is 0 Å². The maximum atomic E-state index is 13.6. The normalized spacial score (nSPS) is 10.8. The Hall–Kier alpha value is -2.45. The summed E-state index contributed by atoms with van der Waals surface area (Å²) in [5, 5.41) is 5.30. The molecule has 0 atom stereocenters. The third-order valence-electron chi connectivity index (χ3n) is 3.34. The molecule has 0 saturated carbocycles. The van der Waals surface area contributed by atoms with Crippen molar-refractivity contribution in [2.45, 2.75) is 11.7 Å². The molecule has 3 rings (SSSR count). The highest BCUT2D eigenvalue weighted by Gasteiger charge is 2.14. The van der Waals surface area contributed by atoms with E-state index < -0.39 is 5.82 Å². The Balaban J connectivity index is 1.79. The first-order chi connectivity index (χ1) is 12.1. The predicted octanol–water partition coefficient (Wildman–Crippen LogP) is 3.51. The number of allylic oxidation sites excluding steroid dienone is 1. The molecule has 25 heavy (non-hydrogen) atoms. The number of anilines is 1. The number of thiophene rings is 1. The first kappa shape index (κ1) is 17.4. The van der Waals surface area contributed by atoms with E-state index in [1.165, 1.54) is 28.0 Å². The van der Waals surface area contributed by atoms with E-state index >= 15 is 0 Å². The monoisotopic (exact) mass is 375 g/mol. The fraction of sp³-hybridized carbons (Fsp3) is 0.118. The van der Waals surface area contributed by atoms with Crippen molar-refractivity contribution in [2.75, 3.05) is 11.1 Å². The van der Waals surface area contributed by atoms with Crippen LogP contribution >= 0.6 is 23.1 Å². The van der Waals surface area contributed by atoms with Crippen molar-refractivity contribution in [3.8, 4) is 0 Å². The second-order valence-electron chi connectivity index (χ2n) is 5.05. The molecule has 0 saturated heterocycles. The number of carbonyl (C=O) groups is 1. The summed E-state index contributed by atoms with van der Waals surface area (Å²) in [6, 6.07) is 7.68. The Labute approximate surface area is 151 Å². The minimum atomic E-state index is -0.498. The van der Waals surface area contributed by atoms with Crippen LogP contribution in [0.15, 0.2) is 58.3 Å². The molecule has 0 radical (unpaired) electrons. The second kappa shape index (κ2) is 7.62. The van der Waals surface area contributed by atoms with Gasteiger partial charge in [-0.25, -0.2) is 9.37 Å². The zero-order chi connectivity index (χ0) is 17.8. The van der Waals surface area contributed by atoms with Gasteiger partial charge < -0.3 is 5.32 Å². The van der Waals surface area contributed by atoms with Crippen LogP contribution in [0.4, 0.5) is 10.1 Å². The summed E-state index contributed by atoms with van der Waals surface area (Å²) in [6.07, 6.45) is 1.60. The predicted molar refractivity (Wildman–Crippen MR) is 99.8 cm³/mol. The van der Waals surface area contributed by atoms with E-state index in [1.807, 2.05) is 0 Å². The van der Waals surface area contributed by atoms with Gasteiger partial charge in [0, 0.05) is 6.54 Å². The molecule has 1 N–H and O–H groups in total. The van der Waals surface area contributed by atoms with Crippen molar-refractivity contribution < 1.29 is 9.18 Å². The van der Waals surface area contributed by atoms with Gasteiger partial charge in [0.25, 0.3) is 5.56 Å². The molecule has 8 heteroatoms. The van der Waals surface area contributed by atoms with Gasteiger partial charge >= 0.3 is 0 Å². The third-order valence-corrected chi connectivity index (χ3v) is 5.12. The van der Waals surface area contributed by atoms with Gasteiger partial charge in [0.05, 0.1) is 16.8 Å². The van der Waals surface area contributed by atoms with E-state index in [2.05, 4.69) is 16.9 Å². The molecule has 1 aromatic carbocycles. The number of rotatable bonds is 6. The molecule has 2 heterocycles. The molecule has 0 unspecified atom stereocenters. The van der Waals surface area contributed by atoms with Crippen LogP contribution in [0.1, 0.15) is 0 Å². The molecule has 0 aliphatic heterocycles. The standard InChI is InChI=1S/C17H14FN3O2S2/c1-2-8-21-16(23)11-7-9-24-15(11)20-17(21)25-10-14(22)19-13-6-4-3-5-12(13)18/h2-7,9H,1,8,10H2,(H,19,22). The van der Waals surface area contributed by atoms with Gasteiger partial charge in [-0.1, -0.05) is 30.0 Å². The minimum Gasteiger partial charge on any atom is -0.323 e. The number of hydrogen-bond donors (Lipinski definition) is 1. The highest BCUT2D eigenvalue weighted by molar-refractivity contribution is 7.99. The van der Waals surface area contributed by atoms with Crippen LogP contribution in [-0.2, 0) is 11.3 Å². The summed E-state index contributed by atoms with van der Waals surface area (Å²) in [6.45, 7) is 3.95. The van der Waals surface area contributed by atoms with Crippen LogP contribution in [0.5, 0.6) is 0 Å². The zero-order valence-electron chi connectivity index (χ0n) is 13.1. The van der Waals surface area contributed by atoms with Crippen LogP contribution in [0, 0.1) is 5.82 Å². The Morgan fingerprint density at radius 1 is 1.40 bits per heavy atom. The Kier molecular flexibility index (Phi) is 5.30. The number of halogens is 1. The van der Waals surface area contributed by atoms with Crippen LogP contribution in [-0.4, -0.2) is 21.2 Å². The van der Waals surface area contributed by atoms with Crippen molar-refractivity contribution in [2.24, 2.45) is 0 Å². The summed E-state index contributed by atoms with van der Waals surface area (Å²) in [4.78, 5) is 29.7. The van der Waals surface area contributed by atoms with Crippen molar-refractivity contribution >= 4 is 44.9 Å². The van der Waals surface area contributed by atoms with Crippen molar-refractivity contribution in [1.29, 1.82) is 0 Å². The van der Waals surface area contributed by atoms with Crippen molar-refractivity contribution in [1.82, 2.24) is 9.55 Å². The Morgan fingerprint density at radius 2 is 2.20 bits per heavy atom. The fourth-order valence-corrected chi connectivity index (χ4v) is 3.82. The quantitative estimate of drug-likeness (QED) is 0.407. The smallest absolute Gasteiger partial charge is 0.263 e.